The molecule has 5 heteroatoms. The minimum absolute atomic E-state index is 0.429. The number of nitrogens with zero attached hydrogens (tertiary/aromatic N) is 1. The molecule has 3 rings (SSSR count). The lowest BCUT2D eigenvalue weighted by molar-refractivity contribution is -0.115. The van der Waals surface area contributed by atoms with Gasteiger partial charge in [-0.3, -0.25) is 4.90 Å². The second kappa shape index (κ2) is 5.13. The van der Waals surface area contributed by atoms with E-state index in [9.17, 15) is 5.11 Å². The molecule has 19 heavy (non-hydrogen) atoms. The molecule has 1 heterocycles. The van der Waals surface area contributed by atoms with Crippen LogP contribution < -0.4 is 4.74 Å². The molecule has 0 bridgehead atoms. The molecule has 2 fully saturated rings. The lowest BCUT2D eigenvalue weighted by Gasteiger charge is -2.47. The van der Waals surface area contributed by atoms with Crippen molar-refractivity contribution in [1.29, 1.82) is 0 Å². The number of β-amino-alcohol motifs (C(OH)–C–C–N with tert-alkyl or cyclic N) is 1. The maximum atomic E-state index is 10.2. The van der Waals surface area contributed by atoms with Crippen molar-refractivity contribution in [2.75, 3.05) is 26.2 Å². The van der Waals surface area contributed by atoms with Crippen molar-refractivity contribution in [2.24, 2.45) is 5.92 Å². The number of para-hydroxylation sites is 1. The van der Waals surface area contributed by atoms with Gasteiger partial charge in [0.25, 0.3) is 0 Å². The van der Waals surface area contributed by atoms with Crippen molar-refractivity contribution >= 4 is 23.2 Å². The number of likely N-dealkylation sites (tertiary alicyclic amines) is 1. The number of hydrogen-bond donors (Lipinski definition) is 1. The predicted octanol–water partition coefficient (Wildman–Crippen LogP) is 2.83. The first-order valence-electron chi connectivity index (χ1n) is 6.60. The van der Waals surface area contributed by atoms with Crippen molar-refractivity contribution in [1.82, 2.24) is 4.90 Å². The zero-order valence-corrected chi connectivity index (χ0v) is 12.1. The Morgan fingerprint density at radius 2 is 1.89 bits per heavy atom. The summed E-state index contributed by atoms with van der Waals surface area (Å²) in [6, 6.07) is 5.32. The van der Waals surface area contributed by atoms with Gasteiger partial charge >= 0.3 is 0 Å². The molecule has 1 aliphatic carbocycles. The Kier molecular flexibility index (Phi) is 3.65. The molecule has 0 unspecified atom stereocenters. The van der Waals surface area contributed by atoms with Crippen LogP contribution in [0.15, 0.2) is 18.2 Å². The number of benzene rings is 1. The van der Waals surface area contributed by atoms with E-state index in [1.54, 1.807) is 18.2 Å². The molecule has 0 spiro atoms. The third-order valence-electron chi connectivity index (χ3n) is 3.90. The lowest BCUT2D eigenvalue weighted by Crippen LogP contribution is -2.63. The molecule has 0 aromatic heterocycles. The number of halogens is 2. The quantitative estimate of drug-likeness (QED) is 0.908. The van der Waals surface area contributed by atoms with E-state index in [0.717, 1.165) is 19.6 Å². The van der Waals surface area contributed by atoms with Crippen molar-refractivity contribution in [2.45, 2.75) is 18.4 Å². The van der Waals surface area contributed by atoms with Crippen LogP contribution in [-0.2, 0) is 0 Å². The van der Waals surface area contributed by atoms with Crippen LogP contribution in [0.4, 0.5) is 0 Å². The van der Waals surface area contributed by atoms with E-state index in [4.69, 9.17) is 27.9 Å². The molecule has 0 amide bonds. The van der Waals surface area contributed by atoms with E-state index >= 15 is 0 Å². The van der Waals surface area contributed by atoms with Crippen LogP contribution in [0.25, 0.3) is 0 Å². The van der Waals surface area contributed by atoms with Gasteiger partial charge in [0.1, 0.15) is 6.61 Å². The average molecular weight is 302 g/mol. The van der Waals surface area contributed by atoms with Crippen LogP contribution in [0, 0.1) is 5.92 Å². The van der Waals surface area contributed by atoms with Crippen molar-refractivity contribution in [3.8, 4) is 5.75 Å². The molecule has 1 saturated heterocycles. The van der Waals surface area contributed by atoms with Crippen molar-refractivity contribution in [3.05, 3.63) is 28.2 Å². The zero-order chi connectivity index (χ0) is 13.5. The summed E-state index contributed by atoms with van der Waals surface area (Å²) in [6.07, 6.45) is 2.35. The molecule has 1 N–H and O–H groups in total. The monoisotopic (exact) mass is 301 g/mol. The van der Waals surface area contributed by atoms with E-state index in [-0.39, 0.29) is 0 Å². The SMILES string of the molecule is OC1(C2CC2)CN(CCOc2c(Cl)cccc2Cl)C1. The minimum atomic E-state index is -0.429. The van der Waals surface area contributed by atoms with Gasteiger partial charge in [0.2, 0.25) is 0 Å². The molecule has 3 nitrogen and oxygen atoms in total. The van der Waals surface area contributed by atoms with Gasteiger partial charge in [-0.25, -0.2) is 0 Å². The first kappa shape index (κ1) is 13.5. The second-order valence-electron chi connectivity index (χ2n) is 5.49. The largest absolute Gasteiger partial charge is 0.489 e. The summed E-state index contributed by atoms with van der Waals surface area (Å²) in [5, 5.41) is 11.3. The van der Waals surface area contributed by atoms with E-state index in [1.165, 1.54) is 12.8 Å². The number of rotatable bonds is 5. The third kappa shape index (κ3) is 2.84. The highest BCUT2D eigenvalue weighted by Gasteiger charge is 2.51. The predicted molar refractivity (Wildman–Crippen MR) is 76.1 cm³/mol. The van der Waals surface area contributed by atoms with E-state index < -0.39 is 5.60 Å². The fourth-order valence-corrected chi connectivity index (χ4v) is 3.17. The molecule has 104 valence electrons. The van der Waals surface area contributed by atoms with Crippen LogP contribution in [0.2, 0.25) is 10.0 Å². The Balaban J connectivity index is 1.44. The van der Waals surface area contributed by atoms with Crippen LogP contribution in [0.3, 0.4) is 0 Å². The van der Waals surface area contributed by atoms with Crippen molar-refractivity contribution in [3.63, 3.8) is 0 Å². The van der Waals surface area contributed by atoms with Crippen molar-refractivity contribution < 1.29 is 9.84 Å². The Labute approximate surface area is 123 Å². The highest BCUT2D eigenvalue weighted by molar-refractivity contribution is 6.37. The van der Waals surface area contributed by atoms with E-state index in [2.05, 4.69) is 4.90 Å². The minimum Gasteiger partial charge on any atom is -0.489 e. The van der Waals surface area contributed by atoms with Crippen LogP contribution in [-0.4, -0.2) is 41.8 Å². The normalized spacial score (nSPS) is 22.1. The van der Waals surface area contributed by atoms with Crippen LogP contribution >= 0.6 is 23.2 Å². The van der Waals surface area contributed by atoms with Gasteiger partial charge in [0.15, 0.2) is 5.75 Å². The van der Waals surface area contributed by atoms with Gasteiger partial charge in [-0.05, 0) is 30.9 Å². The fourth-order valence-electron chi connectivity index (χ4n) is 2.66. The van der Waals surface area contributed by atoms with Crippen LogP contribution in [0.1, 0.15) is 12.8 Å². The second-order valence-corrected chi connectivity index (χ2v) is 6.30. The maximum absolute atomic E-state index is 10.2. The summed E-state index contributed by atoms with van der Waals surface area (Å²) in [7, 11) is 0. The lowest BCUT2D eigenvalue weighted by atomic mass is 9.89. The first-order chi connectivity index (χ1) is 9.08. The van der Waals surface area contributed by atoms with Gasteiger partial charge in [0.05, 0.1) is 15.6 Å². The molecule has 1 saturated carbocycles. The molecular formula is C14H17Cl2NO2. The summed E-state index contributed by atoms with van der Waals surface area (Å²) in [6.45, 7) is 2.84. The summed E-state index contributed by atoms with van der Waals surface area (Å²) >= 11 is 12.0. The summed E-state index contributed by atoms with van der Waals surface area (Å²) < 4.78 is 5.63. The average Bonchev–Trinajstić information content (AvgIpc) is 3.14. The topological polar surface area (TPSA) is 32.7 Å². The summed E-state index contributed by atoms with van der Waals surface area (Å²) in [5.41, 5.74) is -0.429. The van der Waals surface area contributed by atoms with Gasteiger partial charge in [-0.15, -0.1) is 0 Å². The molecule has 1 aromatic rings. The number of aliphatic hydroxyl groups is 1. The number of ether oxygens (including phenoxy) is 1. The standard InChI is InChI=1S/C14H17Cl2NO2/c15-11-2-1-3-12(16)13(11)19-7-6-17-8-14(18,9-17)10-4-5-10/h1-3,10,18H,4-9H2. The Bertz CT molecular complexity index is 450. The molecule has 0 radical (unpaired) electrons. The Morgan fingerprint density at radius 1 is 1.26 bits per heavy atom. The highest BCUT2D eigenvalue weighted by atomic mass is 35.5. The van der Waals surface area contributed by atoms with Gasteiger partial charge in [-0.1, -0.05) is 29.3 Å². The summed E-state index contributed by atoms with van der Waals surface area (Å²) in [5.74, 6) is 1.08. The molecule has 1 aromatic carbocycles. The number of hydrogen-bond acceptors (Lipinski definition) is 3. The molecule has 1 aliphatic heterocycles. The van der Waals surface area contributed by atoms with E-state index in [0.29, 0.717) is 28.3 Å². The Hall–Kier alpha value is -0.480. The molecule has 0 atom stereocenters. The maximum Gasteiger partial charge on any atom is 0.156 e. The van der Waals surface area contributed by atoms with Crippen LogP contribution in [0.5, 0.6) is 5.75 Å². The highest BCUT2D eigenvalue weighted by Crippen LogP contribution is 2.44. The van der Waals surface area contributed by atoms with E-state index in [1.807, 2.05) is 0 Å². The van der Waals surface area contributed by atoms with Gasteiger partial charge < -0.3 is 9.84 Å². The third-order valence-corrected chi connectivity index (χ3v) is 4.50. The molecule has 2 aliphatic rings. The zero-order valence-electron chi connectivity index (χ0n) is 10.6. The first-order valence-corrected chi connectivity index (χ1v) is 7.36. The van der Waals surface area contributed by atoms with Gasteiger partial charge in [0, 0.05) is 19.6 Å². The summed E-state index contributed by atoms with van der Waals surface area (Å²) in [4.78, 5) is 2.20. The van der Waals surface area contributed by atoms with Gasteiger partial charge in [-0.2, -0.15) is 0 Å². The molecular weight excluding hydrogens is 285 g/mol. The fraction of sp³-hybridized carbons (Fsp3) is 0.571. The Morgan fingerprint density at radius 3 is 2.47 bits per heavy atom. The smallest absolute Gasteiger partial charge is 0.156 e.